The molecule has 0 spiro atoms. The predicted octanol–water partition coefficient (Wildman–Crippen LogP) is 3.75. The van der Waals surface area contributed by atoms with Crippen LogP contribution in [0.4, 0.5) is 35.5 Å². The average molecular weight is 519 g/mol. The lowest BCUT2D eigenvalue weighted by atomic mass is 10.2. The number of nitrogens with one attached hydrogen (secondary N) is 1. The van der Waals surface area contributed by atoms with Gasteiger partial charge < -0.3 is 19.7 Å². The Morgan fingerprint density at radius 1 is 1.21 bits per heavy atom. The van der Waals surface area contributed by atoms with E-state index in [1.807, 2.05) is 0 Å². The van der Waals surface area contributed by atoms with Gasteiger partial charge in [0.2, 0.25) is 5.88 Å². The zero-order chi connectivity index (χ0) is 25.3. The molecule has 1 fully saturated rings. The number of nitrogens with zero attached hydrogens (tertiary/aromatic N) is 2. The molecular formula is C18H16F7N3O5S. The van der Waals surface area contributed by atoms with Crippen molar-refractivity contribution in [2.75, 3.05) is 33.4 Å². The van der Waals surface area contributed by atoms with E-state index in [1.54, 1.807) is 0 Å². The summed E-state index contributed by atoms with van der Waals surface area (Å²) in [4.78, 5) is 28.6. The van der Waals surface area contributed by atoms with Crippen molar-refractivity contribution in [2.24, 2.45) is 0 Å². The first-order chi connectivity index (χ1) is 15.8. The highest BCUT2D eigenvalue weighted by Gasteiger charge is 2.40. The zero-order valence-corrected chi connectivity index (χ0v) is 17.9. The molecule has 0 bridgehead atoms. The molecular weight excluding hydrogens is 503 g/mol. The molecule has 2 atom stereocenters. The quantitative estimate of drug-likeness (QED) is 0.462. The number of ether oxygens (including phenoxy) is 3. The number of rotatable bonds is 6. The molecule has 3 rings (SSSR count). The lowest BCUT2D eigenvalue weighted by Crippen LogP contribution is -2.32. The van der Waals surface area contributed by atoms with Gasteiger partial charge in [0.1, 0.15) is 6.61 Å². The normalized spacial score (nSPS) is 18.9. The molecule has 0 radical (unpaired) electrons. The number of halogens is 7. The third-order valence-electron chi connectivity index (χ3n) is 4.58. The molecule has 2 aromatic heterocycles. The van der Waals surface area contributed by atoms with Gasteiger partial charge in [-0.1, -0.05) is 0 Å². The van der Waals surface area contributed by atoms with E-state index in [0.29, 0.717) is 17.4 Å². The van der Waals surface area contributed by atoms with E-state index in [-0.39, 0.29) is 15.8 Å². The van der Waals surface area contributed by atoms with Crippen LogP contribution in [0.5, 0.6) is 5.88 Å². The summed E-state index contributed by atoms with van der Waals surface area (Å²) in [5, 5.41) is 3.48. The SMILES string of the molecule is CNC(=O)c1csc2c(C(F)(F)F)cc(O[C@@H]3CN(C(=O)OCCOC(F)(F)F)C[C@@H]3F)nc12. The van der Waals surface area contributed by atoms with Crippen molar-refractivity contribution < 1.29 is 54.5 Å². The van der Waals surface area contributed by atoms with Gasteiger partial charge in [0.25, 0.3) is 5.91 Å². The summed E-state index contributed by atoms with van der Waals surface area (Å²) in [5.74, 6) is -1.30. The molecule has 3 heterocycles. The lowest BCUT2D eigenvalue weighted by molar-refractivity contribution is -0.326. The fourth-order valence-corrected chi connectivity index (χ4v) is 4.10. The molecule has 1 N–H and O–H groups in total. The standard InChI is InChI=1S/C18H16F7N3O5S/c1-26-15(29)8-7-34-14-9(17(20,21)22)4-12(27-13(8)14)33-11-6-28(5-10(11)19)16(30)31-2-3-32-18(23,24)25/h4,7,10-11H,2-3,5-6H2,1H3,(H,26,29)/t10-,11+/m0/s1. The molecule has 2 aromatic rings. The summed E-state index contributed by atoms with van der Waals surface area (Å²) >= 11 is 0.655. The van der Waals surface area contributed by atoms with Crippen LogP contribution in [-0.2, 0) is 15.7 Å². The highest BCUT2D eigenvalue weighted by atomic mass is 32.1. The third kappa shape index (κ3) is 5.97. The first-order valence-corrected chi connectivity index (χ1v) is 10.3. The number of hydrogen-bond acceptors (Lipinski definition) is 7. The maximum Gasteiger partial charge on any atom is 0.522 e. The van der Waals surface area contributed by atoms with Crippen molar-refractivity contribution in [3.63, 3.8) is 0 Å². The van der Waals surface area contributed by atoms with Crippen molar-refractivity contribution >= 4 is 33.6 Å². The molecule has 0 saturated carbocycles. The van der Waals surface area contributed by atoms with E-state index in [4.69, 9.17) is 4.74 Å². The number of fused-ring (bicyclic) bond motifs is 1. The van der Waals surface area contributed by atoms with E-state index in [2.05, 4.69) is 19.8 Å². The molecule has 1 aliphatic rings. The van der Waals surface area contributed by atoms with Gasteiger partial charge in [0.15, 0.2) is 12.3 Å². The van der Waals surface area contributed by atoms with Gasteiger partial charge in [-0.25, -0.2) is 14.2 Å². The second-order valence-electron chi connectivity index (χ2n) is 6.90. The fourth-order valence-electron chi connectivity index (χ4n) is 3.08. The van der Waals surface area contributed by atoms with Gasteiger partial charge in [-0.15, -0.1) is 24.5 Å². The maximum atomic E-state index is 14.4. The minimum atomic E-state index is -4.91. The number of alkyl halides is 7. The van der Waals surface area contributed by atoms with Gasteiger partial charge in [-0.2, -0.15) is 13.2 Å². The van der Waals surface area contributed by atoms with Crippen molar-refractivity contribution in [3.8, 4) is 5.88 Å². The van der Waals surface area contributed by atoms with Crippen LogP contribution in [0.3, 0.4) is 0 Å². The summed E-state index contributed by atoms with van der Waals surface area (Å²) < 4.78 is 104. The Kier molecular flexibility index (Phi) is 7.40. The Balaban J connectivity index is 1.74. The predicted molar refractivity (Wildman–Crippen MR) is 102 cm³/mol. The first-order valence-electron chi connectivity index (χ1n) is 9.44. The minimum Gasteiger partial charge on any atom is -0.469 e. The third-order valence-corrected chi connectivity index (χ3v) is 5.58. The molecule has 0 aliphatic carbocycles. The van der Waals surface area contributed by atoms with E-state index in [9.17, 15) is 40.3 Å². The molecule has 8 nitrogen and oxygen atoms in total. The molecule has 0 aromatic carbocycles. The Labute approximate surface area is 190 Å². The van der Waals surface area contributed by atoms with E-state index < -0.39 is 74.6 Å². The summed E-state index contributed by atoms with van der Waals surface area (Å²) in [7, 11) is 1.28. The molecule has 0 unspecified atom stereocenters. The average Bonchev–Trinajstić information content (AvgIpc) is 3.32. The van der Waals surface area contributed by atoms with E-state index in [1.165, 1.54) is 12.4 Å². The Morgan fingerprint density at radius 3 is 2.53 bits per heavy atom. The number of amides is 2. The number of aromatic nitrogens is 1. The number of thiophene rings is 1. The molecule has 34 heavy (non-hydrogen) atoms. The Bertz CT molecular complexity index is 1060. The van der Waals surface area contributed by atoms with Crippen LogP contribution in [0.25, 0.3) is 10.2 Å². The van der Waals surface area contributed by atoms with Crippen molar-refractivity contribution in [2.45, 2.75) is 24.8 Å². The summed E-state index contributed by atoms with van der Waals surface area (Å²) in [6.45, 7) is -2.77. The van der Waals surface area contributed by atoms with Gasteiger partial charge >= 0.3 is 18.6 Å². The Morgan fingerprint density at radius 2 is 1.91 bits per heavy atom. The first kappa shape index (κ1) is 25.7. The number of likely N-dealkylation sites (tertiary alicyclic amines) is 1. The fraction of sp³-hybridized carbons (Fsp3) is 0.500. The van der Waals surface area contributed by atoms with Crippen molar-refractivity contribution in [1.29, 1.82) is 0 Å². The zero-order valence-electron chi connectivity index (χ0n) is 17.1. The maximum absolute atomic E-state index is 14.4. The van der Waals surface area contributed by atoms with Crippen LogP contribution in [-0.4, -0.2) is 73.9 Å². The minimum absolute atomic E-state index is 0.132. The van der Waals surface area contributed by atoms with Crippen LogP contribution in [0.15, 0.2) is 11.4 Å². The lowest BCUT2D eigenvalue weighted by Gasteiger charge is -2.17. The van der Waals surface area contributed by atoms with Gasteiger partial charge in [0.05, 0.1) is 41.0 Å². The van der Waals surface area contributed by atoms with Crippen LogP contribution < -0.4 is 10.1 Å². The summed E-state index contributed by atoms with van der Waals surface area (Å²) in [6, 6.07) is 0.564. The smallest absolute Gasteiger partial charge is 0.469 e. The number of carbonyl (C=O) groups excluding carboxylic acids is 2. The Hall–Kier alpha value is -2.88. The van der Waals surface area contributed by atoms with E-state index >= 15 is 0 Å². The van der Waals surface area contributed by atoms with Crippen molar-refractivity contribution in [3.05, 3.63) is 22.6 Å². The van der Waals surface area contributed by atoms with Crippen LogP contribution in [0, 0.1) is 0 Å². The second-order valence-corrected chi connectivity index (χ2v) is 7.78. The number of hydrogen-bond donors (Lipinski definition) is 1. The van der Waals surface area contributed by atoms with Crippen LogP contribution in [0.1, 0.15) is 15.9 Å². The summed E-state index contributed by atoms with van der Waals surface area (Å²) in [6.07, 6.45) is -14.2. The summed E-state index contributed by atoms with van der Waals surface area (Å²) in [5.41, 5.74) is -1.56. The molecule has 16 heteroatoms. The molecule has 188 valence electrons. The van der Waals surface area contributed by atoms with Gasteiger partial charge in [-0.3, -0.25) is 9.53 Å². The highest BCUT2D eigenvalue weighted by molar-refractivity contribution is 7.17. The van der Waals surface area contributed by atoms with Crippen LogP contribution >= 0.6 is 11.3 Å². The largest absolute Gasteiger partial charge is 0.522 e. The van der Waals surface area contributed by atoms with Gasteiger partial charge in [0, 0.05) is 18.5 Å². The van der Waals surface area contributed by atoms with E-state index in [0.717, 1.165) is 4.90 Å². The molecule has 1 aliphatic heterocycles. The second kappa shape index (κ2) is 9.77. The topological polar surface area (TPSA) is 90.0 Å². The molecule has 2 amide bonds. The van der Waals surface area contributed by atoms with Gasteiger partial charge in [-0.05, 0) is 0 Å². The number of carbonyl (C=O) groups is 2. The van der Waals surface area contributed by atoms with Crippen molar-refractivity contribution in [1.82, 2.24) is 15.2 Å². The number of pyridine rings is 1. The van der Waals surface area contributed by atoms with Crippen LogP contribution in [0.2, 0.25) is 0 Å². The molecule has 1 saturated heterocycles. The monoisotopic (exact) mass is 519 g/mol. The highest BCUT2D eigenvalue weighted by Crippen LogP contribution is 2.40.